The molecule has 1 heterocycles. The van der Waals surface area contributed by atoms with Crippen molar-refractivity contribution in [3.05, 3.63) is 105 Å². The van der Waals surface area contributed by atoms with E-state index >= 15 is 0 Å². The van der Waals surface area contributed by atoms with E-state index in [1.807, 2.05) is 0 Å². The van der Waals surface area contributed by atoms with E-state index in [2.05, 4.69) is 15.6 Å². The van der Waals surface area contributed by atoms with Crippen molar-refractivity contribution in [3.63, 3.8) is 0 Å². The normalized spacial score (nSPS) is 15.5. The van der Waals surface area contributed by atoms with Crippen LogP contribution in [-0.2, 0) is 6.18 Å². The van der Waals surface area contributed by atoms with E-state index in [0.29, 0.717) is 18.3 Å². The molecule has 0 aliphatic carbocycles. The second-order valence-corrected chi connectivity index (χ2v) is 8.82. The molecule has 0 fully saturated rings. The number of amides is 2. The fourth-order valence-electron chi connectivity index (χ4n) is 4.10. The van der Waals surface area contributed by atoms with Gasteiger partial charge in [-0.2, -0.15) is 22.0 Å². The Morgan fingerprint density at radius 1 is 1.05 bits per heavy atom. The summed E-state index contributed by atoms with van der Waals surface area (Å²) < 4.78 is 93.1. The SMILES string of the molecule is NC=C(C=NC(F)F)c1cc(NC(=O)c2cc(F)cc(C(F)(F)F)c2)c2c(c1)C(=O)NC2c1cc(F)ccc1Cl. The van der Waals surface area contributed by atoms with Gasteiger partial charge < -0.3 is 16.4 Å². The first-order valence-electron chi connectivity index (χ1n) is 11.1. The summed E-state index contributed by atoms with van der Waals surface area (Å²) in [5.41, 5.74) is 3.11. The van der Waals surface area contributed by atoms with Crippen LogP contribution in [0.15, 0.2) is 59.7 Å². The summed E-state index contributed by atoms with van der Waals surface area (Å²) in [5, 5.41) is 4.95. The molecule has 0 saturated carbocycles. The Kier molecular flexibility index (Phi) is 7.87. The molecule has 6 nitrogen and oxygen atoms in total. The van der Waals surface area contributed by atoms with Crippen molar-refractivity contribution in [1.82, 2.24) is 5.32 Å². The average Bonchev–Trinajstić information content (AvgIpc) is 3.21. The topological polar surface area (TPSA) is 96.6 Å². The lowest BCUT2D eigenvalue weighted by Gasteiger charge is -2.19. The molecule has 3 aromatic rings. The van der Waals surface area contributed by atoms with Gasteiger partial charge in [-0.25, -0.2) is 13.8 Å². The van der Waals surface area contributed by atoms with Crippen LogP contribution in [0.1, 0.15) is 49.0 Å². The highest BCUT2D eigenvalue weighted by Gasteiger charge is 2.36. The third-order valence-corrected chi connectivity index (χ3v) is 6.18. The molecular weight excluding hydrogens is 569 g/mol. The fourth-order valence-corrected chi connectivity index (χ4v) is 4.33. The minimum Gasteiger partial charge on any atom is -0.404 e. The number of hydrogen-bond donors (Lipinski definition) is 3. The Labute approximate surface area is 226 Å². The summed E-state index contributed by atoms with van der Waals surface area (Å²) in [5.74, 6) is -3.98. The largest absolute Gasteiger partial charge is 0.416 e. The molecule has 14 heteroatoms. The maximum Gasteiger partial charge on any atom is 0.416 e. The Hall–Kier alpha value is -4.39. The maximum atomic E-state index is 14.1. The van der Waals surface area contributed by atoms with Gasteiger partial charge in [-0.15, -0.1) is 0 Å². The minimum absolute atomic E-state index is 0.0114. The van der Waals surface area contributed by atoms with E-state index in [1.165, 1.54) is 18.2 Å². The van der Waals surface area contributed by atoms with Crippen LogP contribution in [0.25, 0.3) is 5.57 Å². The summed E-state index contributed by atoms with van der Waals surface area (Å²) in [6, 6.07) is 5.82. The zero-order chi connectivity index (χ0) is 29.4. The molecule has 0 saturated heterocycles. The molecule has 4 N–H and O–H groups in total. The first-order chi connectivity index (χ1) is 18.8. The van der Waals surface area contributed by atoms with Crippen LogP contribution in [0, 0.1) is 11.6 Å². The van der Waals surface area contributed by atoms with Gasteiger partial charge in [0.1, 0.15) is 11.6 Å². The maximum absolute atomic E-state index is 14.1. The zero-order valence-corrected chi connectivity index (χ0v) is 20.5. The predicted molar refractivity (Wildman–Crippen MR) is 133 cm³/mol. The van der Waals surface area contributed by atoms with Crippen LogP contribution in [0.2, 0.25) is 5.02 Å². The Morgan fingerprint density at radius 3 is 2.42 bits per heavy atom. The number of rotatable bonds is 6. The average molecular weight is 585 g/mol. The number of carbonyl (C=O) groups excluding carboxylic acids is 2. The molecule has 208 valence electrons. The number of allylic oxidation sites excluding steroid dienone is 1. The summed E-state index contributed by atoms with van der Waals surface area (Å²) >= 11 is 6.23. The van der Waals surface area contributed by atoms with Gasteiger partial charge in [-0.05, 0) is 54.1 Å². The minimum atomic E-state index is -4.96. The van der Waals surface area contributed by atoms with Crippen molar-refractivity contribution in [2.75, 3.05) is 5.32 Å². The molecule has 0 spiro atoms. The van der Waals surface area contributed by atoms with E-state index < -0.39 is 53.3 Å². The second-order valence-electron chi connectivity index (χ2n) is 8.42. The van der Waals surface area contributed by atoms with Crippen molar-refractivity contribution >= 4 is 40.9 Å². The summed E-state index contributed by atoms with van der Waals surface area (Å²) in [7, 11) is 0. The highest BCUT2D eigenvalue weighted by molar-refractivity contribution is 6.31. The number of nitrogens with two attached hydrogens (primary N) is 1. The fraction of sp³-hybridized carbons (Fsp3) is 0.115. The summed E-state index contributed by atoms with van der Waals surface area (Å²) in [6.45, 7) is -3.10. The third-order valence-electron chi connectivity index (χ3n) is 5.83. The van der Waals surface area contributed by atoms with Gasteiger partial charge >= 0.3 is 12.7 Å². The first kappa shape index (κ1) is 28.6. The van der Waals surface area contributed by atoms with Crippen LogP contribution >= 0.6 is 11.6 Å². The number of nitrogens with one attached hydrogen (secondary N) is 2. The lowest BCUT2D eigenvalue weighted by Crippen LogP contribution is -2.21. The van der Waals surface area contributed by atoms with Crippen molar-refractivity contribution in [3.8, 4) is 0 Å². The van der Waals surface area contributed by atoms with Crippen LogP contribution < -0.4 is 16.4 Å². The number of nitrogens with zero attached hydrogens (tertiary/aromatic N) is 1. The summed E-state index contributed by atoms with van der Waals surface area (Å²) in [6.07, 6.45) is -3.35. The molecule has 1 atom stereocenters. The Bertz CT molecular complexity index is 1570. The number of benzene rings is 3. The van der Waals surface area contributed by atoms with Crippen LogP contribution in [-0.4, -0.2) is 24.6 Å². The van der Waals surface area contributed by atoms with E-state index in [4.69, 9.17) is 17.3 Å². The molecule has 3 aromatic carbocycles. The molecule has 1 aliphatic heterocycles. The van der Waals surface area contributed by atoms with E-state index in [-0.39, 0.29) is 44.6 Å². The number of anilines is 1. The van der Waals surface area contributed by atoms with E-state index in [9.17, 15) is 40.3 Å². The molecule has 1 aliphatic rings. The van der Waals surface area contributed by atoms with E-state index in [0.717, 1.165) is 18.3 Å². The molecule has 0 radical (unpaired) electrons. The third kappa shape index (κ3) is 5.93. The van der Waals surface area contributed by atoms with Gasteiger partial charge in [0.2, 0.25) is 0 Å². The van der Waals surface area contributed by atoms with Gasteiger partial charge in [-0.3, -0.25) is 9.59 Å². The number of hydrogen-bond acceptors (Lipinski definition) is 4. The van der Waals surface area contributed by atoms with Gasteiger partial charge in [0, 0.05) is 51.0 Å². The van der Waals surface area contributed by atoms with Gasteiger partial charge in [0.15, 0.2) is 0 Å². The van der Waals surface area contributed by atoms with E-state index in [1.54, 1.807) is 0 Å². The number of fused-ring (bicyclic) bond motifs is 1. The predicted octanol–water partition coefficient (Wildman–Crippen LogP) is 6.32. The number of halogens is 8. The van der Waals surface area contributed by atoms with Crippen molar-refractivity contribution < 1.29 is 40.3 Å². The quantitative estimate of drug-likeness (QED) is 0.180. The number of aliphatic imine (C=N–C) groups is 1. The van der Waals surface area contributed by atoms with Gasteiger partial charge in [-0.1, -0.05) is 11.6 Å². The second kappa shape index (κ2) is 11.0. The van der Waals surface area contributed by atoms with Gasteiger partial charge in [0.25, 0.3) is 11.8 Å². The Balaban J connectivity index is 1.89. The molecule has 4 rings (SSSR count). The molecule has 2 amide bonds. The molecule has 0 aromatic heterocycles. The van der Waals surface area contributed by atoms with Crippen molar-refractivity contribution in [1.29, 1.82) is 0 Å². The molecule has 0 bridgehead atoms. The lowest BCUT2D eigenvalue weighted by atomic mass is 9.92. The molecular formula is C26H16ClF7N4O2. The molecule has 40 heavy (non-hydrogen) atoms. The highest BCUT2D eigenvalue weighted by atomic mass is 35.5. The zero-order valence-electron chi connectivity index (χ0n) is 19.8. The smallest absolute Gasteiger partial charge is 0.404 e. The van der Waals surface area contributed by atoms with Crippen LogP contribution in [0.4, 0.5) is 36.4 Å². The lowest BCUT2D eigenvalue weighted by molar-refractivity contribution is -0.137. The first-order valence-corrected chi connectivity index (χ1v) is 11.5. The summed E-state index contributed by atoms with van der Waals surface area (Å²) in [4.78, 5) is 28.9. The van der Waals surface area contributed by atoms with Crippen LogP contribution in [0.3, 0.4) is 0 Å². The number of alkyl halides is 5. The van der Waals surface area contributed by atoms with Crippen molar-refractivity contribution in [2.24, 2.45) is 10.7 Å². The highest BCUT2D eigenvalue weighted by Crippen LogP contribution is 2.41. The number of carbonyl (C=O) groups is 2. The van der Waals surface area contributed by atoms with Crippen LogP contribution in [0.5, 0.6) is 0 Å². The monoisotopic (exact) mass is 584 g/mol. The standard InChI is InChI=1S/C26H16ClF7N4O2/c27-19-2-1-15(28)8-17(19)22-21-18(24(40)38-22)5-11(13(9-35)10-36-25(30)31)6-20(21)37-23(39)12-3-14(26(32,33)34)7-16(29)4-12/h1-10,22,25H,35H2,(H,37,39)(H,38,40). The Morgan fingerprint density at radius 2 is 1.77 bits per heavy atom. The molecule has 1 unspecified atom stereocenters. The van der Waals surface area contributed by atoms with Crippen molar-refractivity contribution in [2.45, 2.75) is 18.8 Å². The van der Waals surface area contributed by atoms with Gasteiger partial charge in [0.05, 0.1) is 11.6 Å².